The fourth-order valence-corrected chi connectivity index (χ4v) is 1.47. The molecule has 0 aliphatic heterocycles. The molecule has 0 N–H and O–H groups in total. The second-order valence-corrected chi connectivity index (χ2v) is 3.13. The van der Waals surface area contributed by atoms with Crippen LogP contribution in [-0.4, -0.2) is 23.4 Å². The van der Waals surface area contributed by atoms with Gasteiger partial charge < -0.3 is 4.74 Å². The van der Waals surface area contributed by atoms with E-state index in [-0.39, 0.29) is 0 Å². The molecule has 4 heteroatoms. The highest BCUT2D eigenvalue weighted by Gasteiger charge is 2.12. The standard InChI is InChI=1S/C12H10N2O2/c1-16-12-10(7-15)11(13-8-14-12)9-5-3-2-4-6-9/h2-8H,1H3. The van der Waals surface area contributed by atoms with Crippen molar-refractivity contribution in [3.05, 3.63) is 42.2 Å². The van der Waals surface area contributed by atoms with Gasteiger partial charge in [0, 0.05) is 5.56 Å². The highest BCUT2D eigenvalue weighted by atomic mass is 16.5. The molecule has 4 nitrogen and oxygen atoms in total. The Kier molecular flexibility index (Phi) is 2.91. The van der Waals surface area contributed by atoms with E-state index in [0.29, 0.717) is 23.4 Å². The van der Waals surface area contributed by atoms with Gasteiger partial charge in [-0.25, -0.2) is 9.97 Å². The third-order valence-electron chi connectivity index (χ3n) is 2.21. The van der Waals surface area contributed by atoms with Crippen molar-refractivity contribution in [1.29, 1.82) is 0 Å². The van der Waals surface area contributed by atoms with Crippen LogP contribution in [-0.2, 0) is 0 Å². The number of rotatable bonds is 3. The largest absolute Gasteiger partial charge is 0.480 e. The second kappa shape index (κ2) is 4.53. The Bertz CT molecular complexity index is 498. The van der Waals surface area contributed by atoms with Crippen LogP contribution in [0.3, 0.4) is 0 Å². The van der Waals surface area contributed by atoms with Crippen LogP contribution >= 0.6 is 0 Å². The van der Waals surface area contributed by atoms with Gasteiger partial charge in [0.15, 0.2) is 6.29 Å². The highest BCUT2D eigenvalue weighted by molar-refractivity contribution is 5.88. The molecular formula is C12H10N2O2. The van der Waals surface area contributed by atoms with Crippen LogP contribution in [0.4, 0.5) is 0 Å². The molecule has 0 radical (unpaired) electrons. The molecule has 80 valence electrons. The summed E-state index contributed by atoms with van der Waals surface area (Å²) in [6.07, 6.45) is 2.09. The predicted molar refractivity (Wildman–Crippen MR) is 59.4 cm³/mol. The summed E-state index contributed by atoms with van der Waals surface area (Å²) in [4.78, 5) is 19.0. The third kappa shape index (κ3) is 1.77. The topological polar surface area (TPSA) is 52.1 Å². The molecule has 0 atom stereocenters. The van der Waals surface area contributed by atoms with Gasteiger partial charge in [0.2, 0.25) is 5.88 Å². The van der Waals surface area contributed by atoms with Crippen molar-refractivity contribution in [3.63, 3.8) is 0 Å². The van der Waals surface area contributed by atoms with E-state index in [2.05, 4.69) is 9.97 Å². The summed E-state index contributed by atoms with van der Waals surface area (Å²) in [5, 5.41) is 0. The van der Waals surface area contributed by atoms with Crippen LogP contribution in [0.5, 0.6) is 5.88 Å². The van der Waals surface area contributed by atoms with Gasteiger partial charge in [0.25, 0.3) is 0 Å². The van der Waals surface area contributed by atoms with E-state index in [1.54, 1.807) is 0 Å². The molecule has 1 aromatic carbocycles. The summed E-state index contributed by atoms with van der Waals surface area (Å²) >= 11 is 0. The number of ether oxygens (including phenoxy) is 1. The SMILES string of the molecule is COc1ncnc(-c2ccccc2)c1C=O. The Hall–Kier alpha value is -2.23. The van der Waals surface area contributed by atoms with Gasteiger partial charge in [0.1, 0.15) is 11.9 Å². The molecule has 0 bridgehead atoms. The van der Waals surface area contributed by atoms with E-state index in [9.17, 15) is 4.79 Å². The van der Waals surface area contributed by atoms with Crippen LogP contribution < -0.4 is 4.74 Å². The molecule has 1 heterocycles. The summed E-state index contributed by atoms with van der Waals surface area (Å²) in [6.45, 7) is 0. The van der Waals surface area contributed by atoms with Crippen molar-refractivity contribution < 1.29 is 9.53 Å². The zero-order chi connectivity index (χ0) is 11.4. The van der Waals surface area contributed by atoms with Crippen LogP contribution in [0.25, 0.3) is 11.3 Å². The number of hydrogen-bond donors (Lipinski definition) is 0. The average Bonchev–Trinajstić information content (AvgIpc) is 2.38. The lowest BCUT2D eigenvalue weighted by molar-refractivity contribution is 0.112. The van der Waals surface area contributed by atoms with Crippen LogP contribution in [0.2, 0.25) is 0 Å². The number of aldehydes is 1. The van der Waals surface area contributed by atoms with Crippen molar-refractivity contribution in [2.45, 2.75) is 0 Å². The van der Waals surface area contributed by atoms with Gasteiger partial charge in [-0.15, -0.1) is 0 Å². The van der Waals surface area contributed by atoms with Crippen LogP contribution in [0.1, 0.15) is 10.4 Å². The lowest BCUT2D eigenvalue weighted by Crippen LogP contribution is -1.99. The van der Waals surface area contributed by atoms with Gasteiger partial charge in [0.05, 0.1) is 12.8 Å². The zero-order valence-corrected chi connectivity index (χ0v) is 8.75. The first-order valence-electron chi connectivity index (χ1n) is 4.76. The lowest BCUT2D eigenvalue weighted by atomic mass is 10.1. The van der Waals surface area contributed by atoms with Crippen molar-refractivity contribution >= 4 is 6.29 Å². The van der Waals surface area contributed by atoms with Crippen molar-refractivity contribution in [3.8, 4) is 17.1 Å². The number of methoxy groups -OCH3 is 1. The molecule has 2 rings (SSSR count). The highest BCUT2D eigenvalue weighted by Crippen LogP contribution is 2.24. The maximum absolute atomic E-state index is 11.0. The fourth-order valence-electron chi connectivity index (χ4n) is 1.47. The van der Waals surface area contributed by atoms with E-state index in [4.69, 9.17) is 4.74 Å². The van der Waals surface area contributed by atoms with Gasteiger partial charge >= 0.3 is 0 Å². The van der Waals surface area contributed by atoms with Crippen molar-refractivity contribution in [1.82, 2.24) is 9.97 Å². The molecule has 0 amide bonds. The van der Waals surface area contributed by atoms with Crippen molar-refractivity contribution in [2.24, 2.45) is 0 Å². The maximum atomic E-state index is 11.0. The fraction of sp³-hybridized carbons (Fsp3) is 0.0833. The molecule has 0 saturated heterocycles. The molecule has 0 fully saturated rings. The number of carbonyl (C=O) groups excluding carboxylic acids is 1. The first-order chi connectivity index (χ1) is 7.86. The van der Waals surface area contributed by atoms with E-state index < -0.39 is 0 Å². The minimum atomic E-state index is 0.295. The summed E-state index contributed by atoms with van der Waals surface area (Å²) in [5.74, 6) is 0.295. The average molecular weight is 214 g/mol. The van der Waals surface area contributed by atoms with Gasteiger partial charge in [-0.3, -0.25) is 4.79 Å². The van der Waals surface area contributed by atoms with Gasteiger partial charge in [-0.2, -0.15) is 0 Å². The predicted octanol–water partition coefficient (Wildman–Crippen LogP) is 1.96. The number of carbonyl (C=O) groups is 1. The number of aromatic nitrogens is 2. The zero-order valence-electron chi connectivity index (χ0n) is 8.75. The molecule has 0 spiro atoms. The summed E-state index contributed by atoms with van der Waals surface area (Å²) in [6, 6.07) is 9.45. The summed E-state index contributed by atoms with van der Waals surface area (Å²) < 4.78 is 5.02. The Morgan fingerprint density at radius 2 is 1.94 bits per heavy atom. The van der Waals surface area contributed by atoms with Crippen molar-refractivity contribution in [2.75, 3.05) is 7.11 Å². The summed E-state index contributed by atoms with van der Waals surface area (Å²) in [7, 11) is 1.48. The quantitative estimate of drug-likeness (QED) is 0.733. The number of benzene rings is 1. The Labute approximate surface area is 92.9 Å². The monoisotopic (exact) mass is 214 g/mol. The molecule has 0 saturated carbocycles. The van der Waals surface area contributed by atoms with Crippen LogP contribution in [0, 0.1) is 0 Å². The Balaban J connectivity index is 2.61. The molecule has 16 heavy (non-hydrogen) atoms. The van der Waals surface area contributed by atoms with E-state index in [0.717, 1.165) is 5.56 Å². The third-order valence-corrected chi connectivity index (χ3v) is 2.21. The van der Waals surface area contributed by atoms with Crippen LogP contribution in [0.15, 0.2) is 36.7 Å². The number of hydrogen-bond acceptors (Lipinski definition) is 4. The molecule has 1 aromatic heterocycles. The molecule has 2 aromatic rings. The molecular weight excluding hydrogens is 204 g/mol. The lowest BCUT2D eigenvalue weighted by Gasteiger charge is -2.06. The molecule has 0 aliphatic rings. The van der Waals surface area contributed by atoms with E-state index >= 15 is 0 Å². The normalized spacial score (nSPS) is 9.81. The maximum Gasteiger partial charge on any atom is 0.227 e. The summed E-state index contributed by atoms with van der Waals surface area (Å²) in [5.41, 5.74) is 1.82. The minimum absolute atomic E-state index is 0.295. The Morgan fingerprint density at radius 1 is 1.19 bits per heavy atom. The Morgan fingerprint density at radius 3 is 2.56 bits per heavy atom. The van der Waals surface area contributed by atoms with E-state index in [1.807, 2.05) is 30.3 Å². The van der Waals surface area contributed by atoms with E-state index in [1.165, 1.54) is 13.4 Å². The first-order valence-corrected chi connectivity index (χ1v) is 4.76. The first kappa shape index (κ1) is 10.3. The second-order valence-electron chi connectivity index (χ2n) is 3.13. The number of nitrogens with zero attached hydrogens (tertiary/aromatic N) is 2. The molecule has 0 unspecified atom stereocenters. The molecule has 0 aliphatic carbocycles. The minimum Gasteiger partial charge on any atom is -0.480 e. The van der Waals surface area contributed by atoms with Gasteiger partial charge in [-0.05, 0) is 0 Å². The van der Waals surface area contributed by atoms with Gasteiger partial charge in [-0.1, -0.05) is 30.3 Å². The smallest absolute Gasteiger partial charge is 0.227 e.